The first-order valence-electron chi connectivity index (χ1n) is 37.8. The molecule has 0 heterocycles. The van der Waals surface area contributed by atoms with Crippen molar-refractivity contribution >= 4 is 17.9 Å². The summed E-state index contributed by atoms with van der Waals surface area (Å²) in [5.41, 5.74) is 0. The Morgan fingerprint density at radius 2 is 0.398 bits per heavy atom. The van der Waals surface area contributed by atoms with E-state index in [1.54, 1.807) is 0 Å². The molecule has 0 N–H and O–H groups in total. The minimum atomic E-state index is -0.770. The summed E-state index contributed by atoms with van der Waals surface area (Å²) in [6.45, 7) is 6.73. The van der Waals surface area contributed by atoms with E-state index in [0.717, 1.165) is 57.8 Å². The third kappa shape index (κ3) is 70.5. The summed E-state index contributed by atoms with van der Waals surface area (Å²) < 4.78 is 17.0. The van der Waals surface area contributed by atoms with Crippen LogP contribution in [-0.4, -0.2) is 37.2 Å². The average Bonchev–Trinajstić information content (AvgIpc) is 3.49. The van der Waals surface area contributed by atoms with E-state index in [9.17, 15) is 14.4 Å². The van der Waals surface area contributed by atoms with Gasteiger partial charge in [0.15, 0.2) is 6.10 Å². The number of hydrogen-bond acceptors (Lipinski definition) is 6. The first kappa shape index (κ1) is 80.9. The molecule has 490 valence electrons. The van der Waals surface area contributed by atoms with E-state index in [4.69, 9.17) is 14.2 Å². The topological polar surface area (TPSA) is 78.9 Å². The highest BCUT2D eigenvalue weighted by atomic mass is 16.6. The molecule has 0 saturated heterocycles. The summed E-state index contributed by atoms with van der Waals surface area (Å²) in [5, 5.41) is 0. The van der Waals surface area contributed by atoms with E-state index in [1.807, 2.05) is 0 Å². The lowest BCUT2D eigenvalue weighted by Gasteiger charge is -2.18. The quantitative estimate of drug-likeness (QED) is 0.0261. The molecule has 0 bridgehead atoms. The highest BCUT2D eigenvalue weighted by Crippen LogP contribution is 2.19. The Morgan fingerprint density at radius 3 is 0.602 bits per heavy atom. The Bertz CT molecular complexity index is 1340. The summed E-state index contributed by atoms with van der Waals surface area (Å²) in [4.78, 5) is 38.5. The van der Waals surface area contributed by atoms with Crippen LogP contribution in [0.1, 0.15) is 432 Å². The normalized spacial score (nSPS) is 12.1. The molecule has 0 aromatic rings. The molecule has 0 aromatic carbocycles. The van der Waals surface area contributed by atoms with Crippen LogP contribution in [0.2, 0.25) is 0 Å². The van der Waals surface area contributed by atoms with Crippen LogP contribution in [0.5, 0.6) is 0 Å². The monoisotopic (exact) mass is 1170 g/mol. The Balaban J connectivity index is 4.22. The Hall–Kier alpha value is -2.11. The molecule has 0 aliphatic carbocycles. The molecule has 0 rings (SSSR count). The lowest BCUT2D eigenvalue weighted by atomic mass is 10.0. The van der Waals surface area contributed by atoms with E-state index in [-0.39, 0.29) is 31.1 Å². The van der Waals surface area contributed by atoms with E-state index in [1.165, 1.54) is 334 Å². The fraction of sp³-hybridized carbons (Fsp3) is 0.909. The molecule has 0 aliphatic rings. The highest BCUT2D eigenvalue weighted by molar-refractivity contribution is 5.71. The average molecular weight is 1170 g/mol. The molecule has 0 aliphatic heterocycles. The maximum Gasteiger partial charge on any atom is 0.306 e. The van der Waals surface area contributed by atoms with E-state index >= 15 is 0 Å². The maximum absolute atomic E-state index is 13.0. The summed E-state index contributed by atoms with van der Waals surface area (Å²) in [7, 11) is 0. The second-order valence-electron chi connectivity index (χ2n) is 25.9. The third-order valence-corrected chi connectivity index (χ3v) is 17.4. The molecule has 0 amide bonds. The number of rotatable bonds is 71. The van der Waals surface area contributed by atoms with Gasteiger partial charge in [-0.3, -0.25) is 14.4 Å². The van der Waals surface area contributed by atoms with Gasteiger partial charge < -0.3 is 14.2 Å². The Morgan fingerprint density at radius 1 is 0.229 bits per heavy atom. The van der Waals surface area contributed by atoms with Crippen molar-refractivity contribution in [3.63, 3.8) is 0 Å². The van der Waals surface area contributed by atoms with Crippen molar-refractivity contribution in [1.82, 2.24) is 0 Å². The van der Waals surface area contributed by atoms with Crippen molar-refractivity contribution < 1.29 is 28.6 Å². The fourth-order valence-electron chi connectivity index (χ4n) is 11.7. The molecule has 6 heteroatoms. The van der Waals surface area contributed by atoms with Crippen LogP contribution >= 0.6 is 0 Å². The molecule has 6 nitrogen and oxygen atoms in total. The number of carbonyl (C=O) groups is 3. The molecule has 0 aromatic heterocycles. The van der Waals surface area contributed by atoms with Crippen molar-refractivity contribution in [2.75, 3.05) is 13.2 Å². The zero-order valence-corrected chi connectivity index (χ0v) is 56.5. The van der Waals surface area contributed by atoms with Crippen LogP contribution in [-0.2, 0) is 28.6 Å². The minimum Gasteiger partial charge on any atom is -0.462 e. The summed E-state index contributed by atoms with van der Waals surface area (Å²) in [5.74, 6) is -0.830. The number of ether oxygens (including phenoxy) is 3. The summed E-state index contributed by atoms with van der Waals surface area (Å²) >= 11 is 0. The second-order valence-corrected chi connectivity index (χ2v) is 25.9. The van der Waals surface area contributed by atoms with Gasteiger partial charge in [0.2, 0.25) is 0 Å². The lowest BCUT2D eigenvalue weighted by Crippen LogP contribution is -2.30. The van der Waals surface area contributed by atoms with Crippen LogP contribution < -0.4 is 0 Å². The van der Waals surface area contributed by atoms with E-state index in [0.29, 0.717) is 19.3 Å². The molecule has 0 spiro atoms. The molecule has 1 unspecified atom stereocenters. The van der Waals surface area contributed by atoms with Gasteiger partial charge in [0.1, 0.15) is 13.2 Å². The second kappa shape index (κ2) is 72.4. The first-order chi connectivity index (χ1) is 41.0. The van der Waals surface area contributed by atoms with Gasteiger partial charge in [-0.25, -0.2) is 0 Å². The van der Waals surface area contributed by atoms with Gasteiger partial charge in [-0.2, -0.15) is 0 Å². The molecule has 0 radical (unpaired) electrons. The van der Waals surface area contributed by atoms with Crippen LogP contribution in [0.3, 0.4) is 0 Å². The van der Waals surface area contributed by atoms with Crippen molar-refractivity contribution in [3.8, 4) is 0 Å². The van der Waals surface area contributed by atoms with Crippen molar-refractivity contribution in [1.29, 1.82) is 0 Å². The molecule has 0 fully saturated rings. The van der Waals surface area contributed by atoms with Crippen molar-refractivity contribution in [2.45, 2.75) is 438 Å². The van der Waals surface area contributed by atoms with Gasteiger partial charge in [0.05, 0.1) is 0 Å². The van der Waals surface area contributed by atoms with Crippen LogP contribution in [0.15, 0.2) is 24.3 Å². The Kier molecular flexibility index (Phi) is 70.5. The van der Waals surface area contributed by atoms with Gasteiger partial charge in [0.25, 0.3) is 0 Å². The SMILES string of the molecule is CCCCCCCC/C=C\CCCCCCCCCCCC(=O)OC(COC(=O)CCCCCCCCCCCCCCCCCCC)COC(=O)CCCCCCCCCCCCCCCCCCC/C=C\CCCCCCCCCC. The number of unbranched alkanes of at least 4 members (excludes halogenated alkanes) is 56. The van der Waals surface area contributed by atoms with Gasteiger partial charge in [-0.05, 0) is 70.6 Å². The van der Waals surface area contributed by atoms with Gasteiger partial charge in [-0.1, -0.05) is 366 Å². The first-order valence-corrected chi connectivity index (χ1v) is 37.8. The van der Waals surface area contributed by atoms with Gasteiger partial charge >= 0.3 is 17.9 Å². The van der Waals surface area contributed by atoms with E-state index < -0.39 is 6.10 Å². The third-order valence-electron chi connectivity index (χ3n) is 17.4. The number of allylic oxidation sites excluding steroid dienone is 4. The number of esters is 3. The van der Waals surface area contributed by atoms with E-state index in [2.05, 4.69) is 45.1 Å². The standard InChI is InChI=1S/C77H146O6/c1-4-7-10-13-16-19-22-25-28-31-33-34-35-36-37-38-39-40-41-42-44-46-49-52-55-58-61-64-67-70-76(79)82-73-74(72-81-75(78)69-66-63-60-57-54-51-48-45-30-27-24-21-18-15-12-9-6-3)83-77(80)71-68-65-62-59-56-53-50-47-43-32-29-26-23-20-17-14-11-8-5-2/h26,29,31,33,74H,4-25,27-28,30,32,34-73H2,1-3H3/b29-26-,33-31-. The van der Waals surface area contributed by atoms with Crippen LogP contribution in [0.4, 0.5) is 0 Å². The predicted molar refractivity (Wildman–Crippen MR) is 363 cm³/mol. The maximum atomic E-state index is 13.0. The fourth-order valence-corrected chi connectivity index (χ4v) is 11.7. The molecule has 1 atom stereocenters. The van der Waals surface area contributed by atoms with Crippen molar-refractivity contribution in [2.24, 2.45) is 0 Å². The number of hydrogen-bond donors (Lipinski definition) is 0. The van der Waals surface area contributed by atoms with Gasteiger partial charge in [-0.15, -0.1) is 0 Å². The zero-order valence-electron chi connectivity index (χ0n) is 56.5. The molecular formula is C77H146O6. The van der Waals surface area contributed by atoms with Gasteiger partial charge in [0, 0.05) is 19.3 Å². The van der Waals surface area contributed by atoms with Crippen molar-refractivity contribution in [3.05, 3.63) is 24.3 Å². The predicted octanol–water partition coefficient (Wildman–Crippen LogP) is 26.1. The summed E-state index contributed by atoms with van der Waals surface area (Å²) in [6.07, 6.45) is 89.4. The van der Waals surface area contributed by atoms with Crippen LogP contribution in [0, 0.1) is 0 Å². The molecule has 0 saturated carbocycles. The molecule has 83 heavy (non-hydrogen) atoms. The molecular weight excluding hydrogens is 1020 g/mol. The smallest absolute Gasteiger partial charge is 0.306 e. The Labute approximate surface area is 519 Å². The number of carbonyl (C=O) groups excluding carboxylic acids is 3. The summed E-state index contributed by atoms with van der Waals surface area (Å²) in [6, 6.07) is 0. The zero-order chi connectivity index (χ0) is 59.9. The minimum absolute atomic E-state index is 0.0651. The highest BCUT2D eigenvalue weighted by Gasteiger charge is 2.20. The largest absolute Gasteiger partial charge is 0.462 e. The lowest BCUT2D eigenvalue weighted by molar-refractivity contribution is -0.167. The van der Waals surface area contributed by atoms with Crippen LogP contribution in [0.25, 0.3) is 0 Å².